The number of allylic oxidation sites excluding steroid dienone is 1. The molecule has 0 amide bonds. The van der Waals surface area contributed by atoms with Gasteiger partial charge in [-0.15, -0.1) is 6.58 Å². The Morgan fingerprint density at radius 3 is 2.29 bits per heavy atom. The maximum Gasteiger partial charge on any atom is -0.0271 e. The zero-order valence-electron chi connectivity index (χ0n) is 10.6. The third kappa shape index (κ3) is 3.15. The van der Waals surface area contributed by atoms with Crippen molar-refractivity contribution < 1.29 is 0 Å². The first kappa shape index (κ1) is 11.8. The van der Waals surface area contributed by atoms with Gasteiger partial charge in [0.2, 0.25) is 0 Å². The minimum Gasteiger partial charge on any atom is -0.100 e. The molecule has 0 aliphatic heterocycles. The summed E-state index contributed by atoms with van der Waals surface area (Å²) in [6.45, 7) is 15.9. The van der Waals surface area contributed by atoms with Crippen molar-refractivity contribution in [1.29, 1.82) is 0 Å². The molecule has 2 unspecified atom stereocenters. The van der Waals surface area contributed by atoms with Gasteiger partial charge in [-0.2, -0.15) is 0 Å². The molecule has 0 aromatic heterocycles. The van der Waals surface area contributed by atoms with E-state index in [4.69, 9.17) is 0 Å². The first-order valence-corrected chi connectivity index (χ1v) is 5.87. The van der Waals surface area contributed by atoms with Crippen LogP contribution in [0.4, 0.5) is 0 Å². The third-order valence-electron chi connectivity index (χ3n) is 3.38. The fraction of sp³-hybridized carbons (Fsp3) is 0.857. The van der Waals surface area contributed by atoms with Crippen LogP contribution in [0.5, 0.6) is 0 Å². The summed E-state index contributed by atoms with van der Waals surface area (Å²) >= 11 is 0. The Balaban J connectivity index is 2.73. The molecule has 1 aliphatic carbocycles. The Bertz CT molecular complexity index is 224. The molecule has 0 heterocycles. The van der Waals surface area contributed by atoms with Gasteiger partial charge in [0.25, 0.3) is 0 Å². The Labute approximate surface area is 89.8 Å². The van der Waals surface area contributed by atoms with Gasteiger partial charge in [-0.3, -0.25) is 0 Å². The molecule has 1 saturated carbocycles. The summed E-state index contributed by atoms with van der Waals surface area (Å²) in [5.74, 6) is 0.878. The van der Waals surface area contributed by atoms with Crippen molar-refractivity contribution >= 4 is 0 Å². The van der Waals surface area contributed by atoms with Gasteiger partial charge in [-0.1, -0.05) is 33.3 Å². The molecule has 0 heteroatoms. The summed E-state index contributed by atoms with van der Waals surface area (Å²) in [5.41, 5.74) is 2.38. The number of hydrogen-bond donors (Lipinski definition) is 0. The molecular formula is C14H26. The van der Waals surface area contributed by atoms with Crippen LogP contribution >= 0.6 is 0 Å². The second-order valence-electron chi connectivity index (χ2n) is 6.80. The highest BCUT2D eigenvalue weighted by Crippen LogP contribution is 2.50. The van der Waals surface area contributed by atoms with Crippen molar-refractivity contribution in [2.24, 2.45) is 16.7 Å². The van der Waals surface area contributed by atoms with Gasteiger partial charge < -0.3 is 0 Å². The van der Waals surface area contributed by atoms with Gasteiger partial charge >= 0.3 is 0 Å². The van der Waals surface area contributed by atoms with Crippen molar-refractivity contribution in [3.8, 4) is 0 Å². The fourth-order valence-corrected chi connectivity index (χ4v) is 4.02. The van der Waals surface area contributed by atoms with Gasteiger partial charge in [0.15, 0.2) is 0 Å². The maximum atomic E-state index is 4.07. The zero-order chi connectivity index (χ0) is 11.0. The van der Waals surface area contributed by atoms with Crippen LogP contribution in [-0.2, 0) is 0 Å². The topological polar surface area (TPSA) is 0 Å². The smallest absolute Gasteiger partial charge is 0.0271 e. The predicted molar refractivity (Wildman–Crippen MR) is 64.3 cm³/mol. The fourth-order valence-electron chi connectivity index (χ4n) is 4.02. The first-order valence-electron chi connectivity index (χ1n) is 5.87. The van der Waals surface area contributed by atoms with Gasteiger partial charge in [0, 0.05) is 0 Å². The Hall–Kier alpha value is -0.260. The van der Waals surface area contributed by atoms with Crippen LogP contribution in [0.2, 0.25) is 0 Å². The molecule has 0 aromatic carbocycles. The second-order valence-corrected chi connectivity index (χ2v) is 6.80. The van der Waals surface area contributed by atoms with Crippen molar-refractivity contribution in [3.05, 3.63) is 12.2 Å². The average molecular weight is 194 g/mol. The SMILES string of the molecule is C=C(C)CC1(C)CC(C)CC(C)(C)C1. The summed E-state index contributed by atoms with van der Waals surface area (Å²) < 4.78 is 0. The molecule has 0 aromatic rings. The predicted octanol–water partition coefficient (Wildman–Crippen LogP) is 4.81. The van der Waals surface area contributed by atoms with Gasteiger partial charge in [0.1, 0.15) is 0 Å². The van der Waals surface area contributed by atoms with E-state index in [1.54, 1.807) is 0 Å². The van der Waals surface area contributed by atoms with Crippen molar-refractivity contribution in [2.75, 3.05) is 0 Å². The summed E-state index contributed by atoms with van der Waals surface area (Å²) in [6, 6.07) is 0. The molecule has 1 fully saturated rings. The van der Waals surface area contributed by atoms with Crippen LogP contribution < -0.4 is 0 Å². The summed E-state index contributed by atoms with van der Waals surface area (Å²) in [7, 11) is 0. The second kappa shape index (κ2) is 3.72. The van der Waals surface area contributed by atoms with Gasteiger partial charge in [-0.05, 0) is 49.4 Å². The molecule has 82 valence electrons. The highest BCUT2D eigenvalue weighted by Gasteiger charge is 2.39. The standard InChI is InChI=1S/C14H26/c1-11(2)7-14(6)9-12(3)8-13(4,5)10-14/h12H,1,7-10H2,2-6H3. The molecular weight excluding hydrogens is 168 g/mol. The van der Waals surface area contributed by atoms with E-state index in [1.807, 2.05) is 0 Å². The molecule has 0 saturated heterocycles. The van der Waals surface area contributed by atoms with E-state index >= 15 is 0 Å². The summed E-state index contributed by atoms with van der Waals surface area (Å²) in [4.78, 5) is 0. The van der Waals surface area contributed by atoms with Crippen LogP contribution in [0, 0.1) is 16.7 Å². The van der Waals surface area contributed by atoms with Crippen molar-refractivity contribution in [3.63, 3.8) is 0 Å². The van der Waals surface area contributed by atoms with Crippen LogP contribution in [0.3, 0.4) is 0 Å². The molecule has 0 nitrogen and oxygen atoms in total. The van der Waals surface area contributed by atoms with Gasteiger partial charge in [0.05, 0.1) is 0 Å². The van der Waals surface area contributed by atoms with E-state index in [0.717, 1.165) is 5.92 Å². The molecule has 14 heavy (non-hydrogen) atoms. The zero-order valence-corrected chi connectivity index (χ0v) is 10.6. The number of rotatable bonds is 2. The molecule has 0 N–H and O–H groups in total. The van der Waals surface area contributed by atoms with E-state index in [1.165, 1.54) is 31.3 Å². The average Bonchev–Trinajstić information content (AvgIpc) is 1.74. The lowest BCUT2D eigenvalue weighted by Gasteiger charge is -2.46. The number of hydrogen-bond acceptors (Lipinski definition) is 0. The first-order chi connectivity index (χ1) is 6.22. The van der Waals surface area contributed by atoms with Crippen LogP contribution in [0.15, 0.2) is 12.2 Å². The largest absolute Gasteiger partial charge is 0.100 e. The molecule has 2 atom stereocenters. The minimum atomic E-state index is 0.507. The normalized spacial score (nSPS) is 36.8. The Morgan fingerprint density at radius 1 is 1.29 bits per heavy atom. The van der Waals surface area contributed by atoms with E-state index in [9.17, 15) is 0 Å². The highest BCUT2D eigenvalue weighted by molar-refractivity contribution is 5.00. The van der Waals surface area contributed by atoms with E-state index in [-0.39, 0.29) is 0 Å². The molecule has 1 rings (SSSR count). The van der Waals surface area contributed by atoms with E-state index < -0.39 is 0 Å². The lowest BCUT2D eigenvalue weighted by Crippen LogP contribution is -2.34. The van der Waals surface area contributed by atoms with E-state index in [0.29, 0.717) is 10.8 Å². The monoisotopic (exact) mass is 194 g/mol. The Morgan fingerprint density at radius 2 is 1.86 bits per heavy atom. The highest BCUT2D eigenvalue weighted by atomic mass is 14.4. The summed E-state index contributed by atoms with van der Waals surface area (Å²) in [6.07, 6.45) is 5.33. The minimum absolute atomic E-state index is 0.507. The third-order valence-corrected chi connectivity index (χ3v) is 3.38. The Kier molecular flexibility index (Phi) is 3.13. The van der Waals surface area contributed by atoms with Crippen LogP contribution in [0.25, 0.3) is 0 Å². The quantitative estimate of drug-likeness (QED) is 0.554. The van der Waals surface area contributed by atoms with Crippen molar-refractivity contribution in [1.82, 2.24) is 0 Å². The molecule has 0 bridgehead atoms. The summed E-state index contributed by atoms with van der Waals surface area (Å²) in [5, 5.41) is 0. The van der Waals surface area contributed by atoms with Gasteiger partial charge in [-0.25, -0.2) is 0 Å². The lowest BCUT2D eigenvalue weighted by molar-refractivity contribution is 0.0614. The lowest BCUT2D eigenvalue weighted by atomic mass is 9.59. The van der Waals surface area contributed by atoms with Crippen LogP contribution in [-0.4, -0.2) is 0 Å². The van der Waals surface area contributed by atoms with E-state index in [2.05, 4.69) is 41.2 Å². The van der Waals surface area contributed by atoms with Crippen LogP contribution in [0.1, 0.15) is 60.3 Å². The molecule has 0 spiro atoms. The molecule has 1 aliphatic rings. The molecule has 0 radical (unpaired) electrons. The maximum absolute atomic E-state index is 4.07. The van der Waals surface area contributed by atoms with Crippen molar-refractivity contribution in [2.45, 2.75) is 60.3 Å².